The third-order valence-electron chi connectivity index (χ3n) is 4.55. The Morgan fingerprint density at radius 3 is 2.36 bits per heavy atom. The quantitative estimate of drug-likeness (QED) is 0.397. The Morgan fingerprint density at radius 2 is 1.82 bits per heavy atom. The molecule has 1 heterocycles. The lowest BCUT2D eigenvalue weighted by atomic mass is 10.1. The second-order valence-electron chi connectivity index (χ2n) is 6.50. The summed E-state index contributed by atoms with van der Waals surface area (Å²) in [5.74, 6) is -0.924. The van der Waals surface area contributed by atoms with E-state index < -0.39 is 22.7 Å². The molecule has 1 saturated heterocycles. The molecule has 1 amide bonds. The number of hydrogen-bond acceptors (Lipinski definition) is 7. The maximum Gasteiger partial charge on any atom is 0.346 e. The first-order valence-electron chi connectivity index (χ1n) is 9.38. The largest absolute Gasteiger partial charge is 0.493 e. The number of carbonyl (C=O) groups is 2. The number of esters is 1. The zero-order valence-electron chi connectivity index (χ0n) is 16.4. The fourth-order valence-electron chi connectivity index (χ4n) is 3.11. The van der Waals surface area contributed by atoms with Crippen LogP contribution in [0.2, 0.25) is 0 Å². The number of amides is 1. The van der Waals surface area contributed by atoms with Gasteiger partial charge in [0.2, 0.25) is 0 Å². The van der Waals surface area contributed by atoms with Crippen molar-refractivity contribution in [1.29, 1.82) is 0 Å². The summed E-state index contributed by atoms with van der Waals surface area (Å²) in [6.07, 6.45) is 2.91. The third-order valence-corrected chi connectivity index (χ3v) is 4.55. The molecule has 154 valence electrons. The molecule has 0 bridgehead atoms. The smallest absolute Gasteiger partial charge is 0.346 e. The van der Waals surface area contributed by atoms with Crippen LogP contribution in [-0.4, -0.2) is 54.6 Å². The molecule has 1 atom stereocenters. The van der Waals surface area contributed by atoms with E-state index in [1.165, 1.54) is 20.1 Å². The second-order valence-corrected chi connectivity index (χ2v) is 6.50. The standard InChI is InChI=1S/C19H26N2O7/c1-4-27-17-12-15(21(24)25)14(11-16(17)26-3)19(23)28-13(2)18(22)20-9-7-5-6-8-10-20/h11-13H,4-10H2,1-3H3/t13-/m0/s1. The Balaban J connectivity index is 2.22. The van der Waals surface area contributed by atoms with Crippen molar-refractivity contribution in [1.82, 2.24) is 4.90 Å². The molecule has 1 aromatic carbocycles. The Hall–Kier alpha value is -2.84. The van der Waals surface area contributed by atoms with E-state index in [0.717, 1.165) is 31.7 Å². The Labute approximate surface area is 163 Å². The van der Waals surface area contributed by atoms with Crippen LogP contribution in [0.3, 0.4) is 0 Å². The monoisotopic (exact) mass is 394 g/mol. The zero-order chi connectivity index (χ0) is 20.7. The lowest BCUT2D eigenvalue weighted by Gasteiger charge is -2.24. The van der Waals surface area contributed by atoms with Gasteiger partial charge in [-0.2, -0.15) is 0 Å². The molecule has 9 nitrogen and oxygen atoms in total. The van der Waals surface area contributed by atoms with E-state index in [1.807, 2.05) is 0 Å². The molecule has 1 aliphatic heterocycles. The van der Waals surface area contributed by atoms with Crippen LogP contribution >= 0.6 is 0 Å². The molecule has 0 radical (unpaired) electrons. The van der Waals surface area contributed by atoms with Crippen molar-refractivity contribution in [2.24, 2.45) is 0 Å². The summed E-state index contributed by atoms with van der Waals surface area (Å²) in [6, 6.07) is 2.33. The molecule has 9 heteroatoms. The minimum atomic E-state index is -1.04. The summed E-state index contributed by atoms with van der Waals surface area (Å²) >= 11 is 0. The molecule has 0 aromatic heterocycles. The van der Waals surface area contributed by atoms with E-state index in [0.29, 0.717) is 13.1 Å². The van der Waals surface area contributed by atoms with E-state index in [9.17, 15) is 19.7 Å². The summed E-state index contributed by atoms with van der Waals surface area (Å²) in [5.41, 5.74) is -0.760. The van der Waals surface area contributed by atoms with Gasteiger partial charge in [-0.25, -0.2) is 4.79 Å². The van der Waals surface area contributed by atoms with Crippen molar-refractivity contribution in [3.8, 4) is 11.5 Å². The number of carbonyl (C=O) groups excluding carboxylic acids is 2. The lowest BCUT2D eigenvalue weighted by Crippen LogP contribution is -2.40. The average molecular weight is 394 g/mol. The minimum absolute atomic E-state index is 0.155. The number of rotatable bonds is 7. The number of likely N-dealkylation sites (tertiary alicyclic amines) is 1. The summed E-state index contributed by atoms with van der Waals surface area (Å²) in [7, 11) is 1.37. The zero-order valence-corrected chi connectivity index (χ0v) is 16.4. The fourth-order valence-corrected chi connectivity index (χ4v) is 3.11. The van der Waals surface area contributed by atoms with Crippen LogP contribution < -0.4 is 9.47 Å². The highest BCUT2D eigenvalue weighted by Gasteiger charge is 2.30. The molecule has 2 rings (SSSR count). The molecule has 0 saturated carbocycles. The van der Waals surface area contributed by atoms with E-state index in [2.05, 4.69) is 0 Å². The highest BCUT2D eigenvalue weighted by molar-refractivity contribution is 5.96. The summed E-state index contributed by atoms with van der Waals surface area (Å²) < 4.78 is 15.7. The van der Waals surface area contributed by atoms with Gasteiger partial charge in [0.1, 0.15) is 5.56 Å². The van der Waals surface area contributed by atoms with Crippen molar-refractivity contribution in [2.75, 3.05) is 26.8 Å². The normalized spacial score (nSPS) is 15.3. The number of nitro groups is 1. The van der Waals surface area contributed by atoms with Crippen molar-refractivity contribution in [3.63, 3.8) is 0 Å². The first-order valence-corrected chi connectivity index (χ1v) is 9.38. The van der Waals surface area contributed by atoms with E-state index >= 15 is 0 Å². The van der Waals surface area contributed by atoms with Gasteiger partial charge >= 0.3 is 5.97 Å². The van der Waals surface area contributed by atoms with Gasteiger partial charge in [0, 0.05) is 19.2 Å². The first-order chi connectivity index (χ1) is 13.4. The van der Waals surface area contributed by atoms with Crippen LogP contribution in [0, 0.1) is 10.1 Å². The van der Waals surface area contributed by atoms with Gasteiger partial charge in [-0.1, -0.05) is 12.8 Å². The van der Waals surface area contributed by atoms with Crippen LogP contribution in [0.1, 0.15) is 49.9 Å². The van der Waals surface area contributed by atoms with Crippen molar-refractivity contribution < 1.29 is 28.7 Å². The average Bonchev–Trinajstić information content (AvgIpc) is 2.96. The maximum atomic E-state index is 12.6. The second kappa shape index (κ2) is 9.91. The number of methoxy groups -OCH3 is 1. The summed E-state index contributed by atoms with van der Waals surface area (Å²) in [6.45, 7) is 4.72. The van der Waals surface area contributed by atoms with Gasteiger partial charge in [-0.05, 0) is 26.7 Å². The van der Waals surface area contributed by atoms with Crippen LogP contribution in [-0.2, 0) is 9.53 Å². The highest BCUT2D eigenvalue weighted by Crippen LogP contribution is 2.35. The molecule has 0 aliphatic carbocycles. The lowest BCUT2D eigenvalue weighted by molar-refractivity contribution is -0.385. The van der Waals surface area contributed by atoms with Crippen molar-refractivity contribution in [3.05, 3.63) is 27.8 Å². The van der Waals surface area contributed by atoms with Crippen LogP contribution in [0.15, 0.2) is 12.1 Å². The van der Waals surface area contributed by atoms with E-state index in [4.69, 9.17) is 14.2 Å². The molecule has 0 spiro atoms. The summed E-state index contributed by atoms with van der Waals surface area (Å²) in [4.78, 5) is 37.5. The minimum Gasteiger partial charge on any atom is -0.493 e. The molecule has 1 aromatic rings. The highest BCUT2D eigenvalue weighted by atomic mass is 16.6. The number of nitro benzene ring substituents is 1. The van der Waals surface area contributed by atoms with E-state index in [1.54, 1.807) is 11.8 Å². The topological polar surface area (TPSA) is 108 Å². The third kappa shape index (κ3) is 5.11. The van der Waals surface area contributed by atoms with Gasteiger partial charge in [0.15, 0.2) is 17.6 Å². The molecule has 1 aliphatic rings. The maximum absolute atomic E-state index is 12.6. The number of hydrogen-bond donors (Lipinski definition) is 0. The van der Waals surface area contributed by atoms with Gasteiger partial charge in [0.05, 0.1) is 24.7 Å². The predicted octanol–water partition coefficient (Wildman–Crippen LogP) is 2.95. The Morgan fingerprint density at radius 1 is 1.18 bits per heavy atom. The number of nitrogens with zero attached hydrogens (tertiary/aromatic N) is 2. The van der Waals surface area contributed by atoms with Gasteiger partial charge < -0.3 is 19.1 Å². The van der Waals surface area contributed by atoms with Crippen molar-refractivity contribution in [2.45, 2.75) is 45.6 Å². The fraction of sp³-hybridized carbons (Fsp3) is 0.579. The molecule has 28 heavy (non-hydrogen) atoms. The van der Waals surface area contributed by atoms with Gasteiger partial charge in [-0.15, -0.1) is 0 Å². The predicted molar refractivity (Wildman–Crippen MR) is 101 cm³/mol. The van der Waals surface area contributed by atoms with E-state index in [-0.39, 0.29) is 29.6 Å². The molecule has 1 fully saturated rings. The Kier molecular flexibility index (Phi) is 7.60. The van der Waals surface area contributed by atoms with Crippen molar-refractivity contribution >= 4 is 17.6 Å². The molecule has 0 N–H and O–H groups in total. The molecular weight excluding hydrogens is 368 g/mol. The van der Waals surface area contributed by atoms with Crippen LogP contribution in [0.5, 0.6) is 11.5 Å². The SMILES string of the molecule is CCOc1cc([N+](=O)[O-])c(C(=O)O[C@@H](C)C(=O)N2CCCCCC2)cc1OC. The Bertz CT molecular complexity index is 727. The molecular formula is C19H26N2O7. The van der Waals surface area contributed by atoms with Gasteiger partial charge in [0.25, 0.3) is 11.6 Å². The van der Waals surface area contributed by atoms with Crippen LogP contribution in [0.4, 0.5) is 5.69 Å². The van der Waals surface area contributed by atoms with Gasteiger partial charge in [-0.3, -0.25) is 14.9 Å². The molecule has 0 unspecified atom stereocenters. The number of ether oxygens (including phenoxy) is 3. The first kappa shape index (κ1) is 21.5. The number of benzene rings is 1. The summed E-state index contributed by atoms with van der Waals surface area (Å²) in [5, 5.41) is 11.4. The van der Waals surface area contributed by atoms with Crippen LogP contribution in [0.25, 0.3) is 0 Å².